The van der Waals surface area contributed by atoms with E-state index in [-0.39, 0.29) is 38.9 Å². The van der Waals surface area contributed by atoms with E-state index in [1.54, 1.807) is 0 Å². The number of nitrogens with two attached hydrogens (primary N) is 1. The molecule has 3 aliphatic heterocycles. The van der Waals surface area contributed by atoms with Gasteiger partial charge < -0.3 is 26.5 Å². The monoisotopic (exact) mass is 497 g/mol. The lowest BCUT2D eigenvalue weighted by molar-refractivity contribution is -0.886. The molecule has 0 aromatic carbocycles. The SMILES string of the molecule is CC1S[C@@H]2C(NC(=O)C(=NO)c3csc(N)n3)C(=O)N2C(C(=O)O)=C1[N+]1(C)CCCC1CO. The summed E-state index contributed by atoms with van der Waals surface area (Å²) in [5.74, 6) is -2.61. The number of oxime groups is 1. The standard InChI is InChI=1S/C19H24N6O6S2/c1-8-14(25(2)5-3-4-9(25)6-26)13(18(29)30)24-16(28)12(17(24)33-8)22-15(27)11(23-31)10-7-32-19(20)21-10/h7-9,12,17,26H,3-6H2,1-2H3,(H4-,20,21,22,27,29,30,31)/p+1/t8?,9?,12?,17-,25?/m1/s1. The number of β-lactam (4-membered cyclic amide) rings is 1. The number of anilines is 1. The van der Waals surface area contributed by atoms with Gasteiger partial charge in [-0.2, -0.15) is 0 Å². The molecule has 0 aliphatic carbocycles. The van der Waals surface area contributed by atoms with E-state index in [4.69, 9.17) is 5.73 Å². The van der Waals surface area contributed by atoms with Gasteiger partial charge >= 0.3 is 5.97 Å². The number of aliphatic hydroxyl groups excluding tert-OH is 1. The predicted molar refractivity (Wildman–Crippen MR) is 120 cm³/mol. The quantitative estimate of drug-likeness (QED) is 0.115. The molecule has 6 N–H and O–H groups in total. The molecule has 4 unspecified atom stereocenters. The Hall–Kier alpha value is -2.68. The Labute approximate surface area is 197 Å². The summed E-state index contributed by atoms with van der Waals surface area (Å²) in [5, 5.41) is 35.5. The van der Waals surface area contributed by atoms with Gasteiger partial charge in [0, 0.05) is 18.2 Å². The van der Waals surface area contributed by atoms with E-state index < -0.39 is 34.9 Å². The topological polar surface area (TPSA) is 178 Å². The number of nitrogens with zero attached hydrogens (tertiary/aromatic N) is 4. The first-order valence-electron chi connectivity index (χ1n) is 10.3. The Bertz CT molecular complexity index is 1070. The number of carboxylic acids is 1. The summed E-state index contributed by atoms with van der Waals surface area (Å²) in [4.78, 5) is 43.2. The average Bonchev–Trinajstić information content (AvgIpc) is 3.37. The highest BCUT2D eigenvalue weighted by atomic mass is 32.2. The second-order valence-electron chi connectivity index (χ2n) is 8.36. The van der Waals surface area contributed by atoms with Crippen molar-refractivity contribution in [3.8, 4) is 0 Å². The average molecular weight is 498 g/mol. The van der Waals surface area contributed by atoms with Crippen molar-refractivity contribution in [3.63, 3.8) is 0 Å². The number of aromatic nitrogens is 1. The minimum absolute atomic E-state index is 0.0701. The number of thiazole rings is 1. The summed E-state index contributed by atoms with van der Waals surface area (Å²) in [5.41, 5.74) is 5.75. The molecule has 33 heavy (non-hydrogen) atoms. The second kappa shape index (κ2) is 8.59. The molecule has 1 aromatic heterocycles. The third kappa shape index (κ3) is 3.66. The van der Waals surface area contributed by atoms with Crippen LogP contribution in [-0.2, 0) is 14.4 Å². The van der Waals surface area contributed by atoms with Gasteiger partial charge in [-0.3, -0.25) is 19.0 Å². The smallest absolute Gasteiger partial charge is 0.358 e. The van der Waals surface area contributed by atoms with Gasteiger partial charge in [-0.1, -0.05) is 5.16 Å². The first-order valence-corrected chi connectivity index (χ1v) is 12.1. The maximum atomic E-state index is 13.0. The van der Waals surface area contributed by atoms with Crippen LogP contribution in [0.25, 0.3) is 0 Å². The third-order valence-corrected chi connectivity index (χ3v) is 8.62. The van der Waals surface area contributed by atoms with Crippen molar-refractivity contribution in [3.05, 3.63) is 22.5 Å². The highest BCUT2D eigenvalue weighted by molar-refractivity contribution is 8.00. The van der Waals surface area contributed by atoms with Gasteiger partial charge in [0.05, 0.1) is 25.4 Å². The van der Waals surface area contributed by atoms with Crippen molar-refractivity contribution in [1.82, 2.24) is 15.2 Å². The van der Waals surface area contributed by atoms with Crippen molar-refractivity contribution in [2.45, 2.75) is 42.5 Å². The summed E-state index contributed by atoms with van der Waals surface area (Å²) >= 11 is 2.44. The van der Waals surface area contributed by atoms with Gasteiger partial charge in [0.15, 0.2) is 22.2 Å². The number of likely N-dealkylation sites (N-methyl/N-ethyl adjacent to an activating group) is 1. The number of quaternary nitrogens is 1. The third-order valence-electron chi connectivity index (χ3n) is 6.55. The van der Waals surface area contributed by atoms with Crippen molar-refractivity contribution < 1.29 is 34.3 Å². The lowest BCUT2D eigenvalue weighted by atomic mass is 10.0. The predicted octanol–water partition coefficient (Wildman–Crippen LogP) is -0.410. The van der Waals surface area contributed by atoms with Crippen LogP contribution in [0.5, 0.6) is 0 Å². The van der Waals surface area contributed by atoms with E-state index >= 15 is 0 Å². The molecule has 4 rings (SSSR count). The van der Waals surface area contributed by atoms with Crippen LogP contribution in [0.15, 0.2) is 21.9 Å². The Morgan fingerprint density at radius 3 is 2.76 bits per heavy atom. The Kier molecular flexibility index (Phi) is 6.11. The van der Waals surface area contributed by atoms with Gasteiger partial charge in [-0.15, -0.1) is 23.1 Å². The maximum Gasteiger partial charge on any atom is 0.358 e. The molecule has 4 heterocycles. The van der Waals surface area contributed by atoms with Gasteiger partial charge in [0.25, 0.3) is 11.8 Å². The zero-order valence-corrected chi connectivity index (χ0v) is 19.6. The van der Waals surface area contributed by atoms with Gasteiger partial charge in [-0.05, 0) is 6.92 Å². The van der Waals surface area contributed by atoms with Crippen LogP contribution in [0.1, 0.15) is 25.5 Å². The lowest BCUT2D eigenvalue weighted by Gasteiger charge is -2.53. The van der Waals surface area contributed by atoms with Crippen LogP contribution < -0.4 is 11.1 Å². The molecule has 14 heteroatoms. The number of carbonyl (C=O) groups excluding carboxylic acids is 2. The summed E-state index contributed by atoms with van der Waals surface area (Å²) in [6, 6.07) is -1.14. The zero-order chi connectivity index (χ0) is 24.1. The number of hydrogen-bond acceptors (Lipinski definition) is 10. The molecule has 2 amide bonds. The Balaban J connectivity index is 1.62. The normalized spacial score (nSPS) is 31.9. The first-order chi connectivity index (χ1) is 15.6. The zero-order valence-electron chi connectivity index (χ0n) is 18.0. The summed E-state index contributed by atoms with van der Waals surface area (Å²) in [7, 11) is 1.90. The number of hydrogen-bond donors (Lipinski definition) is 5. The molecule has 0 radical (unpaired) electrons. The fraction of sp³-hybridized carbons (Fsp3) is 0.526. The van der Waals surface area contributed by atoms with Crippen molar-refractivity contribution >= 4 is 51.7 Å². The Morgan fingerprint density at radius 2 is 2.18 bits per heavy atom. The molecular formula is C19H25N6O6S2+. The minimum Gasteiger partial charge on any atom is -0.476 e. The molecule has 178 valence electrons. The summed E-state index contributed by atoms with van der Waals surface area (Å²) < 4.78 is 0.270. The Morgan fingerprint density at radius 1 is 1.45 bits per heavy atom. The van der Waals surface area contributed by atoms with E-state index in [0.29, 0.717) is 12.2 Å². The van der Waals surface area contributed by atoms with Crippen molar-refractivity contribution in [1.29, 1.82) is 0 Å². The van der Waals surface area contributed by atoms with Crippen molar-refractivity contribution in [2.24, 2.45) is 5.16 Å². The number of carboxylic acid groups (broad SMARTS) is 1. The largest absolute Gasteiger partial charge is 0.476 e. The molecule has 0 saturated carbocycles. The fourth-order valence-electron chi connectivity index (χ4n) is 4.96. The van der Waals surface area contributed by atoms with Crippen LogP contribution in [-0.4, -0.2) is 96.2 Å². The molecule has 3 aliphatic rings. The van der Waals surface area contributed by atoms with E-state index in [2.05, 4.69) is 15.5 Å². The number of nitrogens with one attached hydrogen (secondary N) is 1. The number of amides is 2. The summed E-state index contributed by atoms with van der Waals surface area (Å²) in [6.07, 6.45) is 1.61. The van der Waals surface area contributed by atoms with Gasteiger partial charge in [0.2, 0.25) is 0 Å². The molecule has 2 saturated heterocycles. The molecule has 12 nitrogen and oxygen atoms in total. The van der Waals surface area contributed by atoms with E-state index in [1.165, 1.54) is 22.0 Å². The molecule has 0 bridgehead atoms. The molecule has 2 fully saturated rings. The molecular weight excluding hydrogens is 472 g/mol. The number of carbonyl (C=O) groups is 3. The number of thioether (sulfide) groups is 1. The minimum atomic E-state index is -1.22. The number of likely N-dealkylation sites (tertiary alicyclic amines) is 1. The van der Waals surface area contributed by atoms with Crippen LogP contribution in [0, 0.1) is 0 Å². The van der Waals surface area contributed by atoms with E-state index in [9.17, 15) is 29.8 Å². The second-order valence-corrected chi connectivity index (χ2v) is 10.7. The van der Waals surface area contributed by atoms with Crippen LogP contribution in [0.2, 0.25) is 0 Å². The number of aliphatic carboxylic acids is 1. The fourth-order valence-corrected chi connectivity index (χ4v) is 7.08. The number of nitrogen functional groups attached to an aromatic ring is 1. The number of rotatable bonds is 6. The molecule has 5 atom stereocenters. The first kappa shape index (κ1) is 23.5. The van der Waals surface area contributed by atoms with E-state index in [1.807, 2.05) is 14.0 Å². The number of fused-ring (bicyclic) bond motifs is 1. The van der Waals surface area contributed by atoms with Gasteiger partial charge in [-0.25, -0.2) is 9.78 Å². The maximum absolute atomic E-state index is 13.0. The molecule has 0 spiro atoms. The molecule has 1 aromatic rings. The summed E-state index contributed by atoms with van der Waals surface area (Å²) in [6.45, 7) is 2.46. The van der Waals surface area contributed by atoms with Crippen LogP contribution >= 0.6 is 23.1 Å². The van der Waals surface area contributed by atoms with Crippen LogP contribution in [0.4, 0.5) is 5.13 Å². The van der Waals surface area contributed by atoms with Gasteiger partial charge in [0.1, 0.15) is 23.2 Å². The van der Waals surface area contributed by atoms with Crippen LogP contribution in [0.3, 0.4) is 0 Å². The van der Waals surface area contributed by atoms with E-state index in [0.717, 1.165) is 24.2 Å². The highest BCUT2D eigenvalue weighted by Gasteiger charge is 2.60. The highest BCUT2D eigenvalue weighted by Crippen LogP contribution is 2.48. The number of aliphatic hydroxyl groups is 1. The van der Waals surface area contributed by atoms with Crippen molar-refractivity contribution in [2.75, 3.05) is 25.9 Å². The lowest BCUT2D eigenvalue weighted by Crippen LogP contribution is -2.72.